The zero-order valence-corrected chi connectivity index (χ0v) is 12.8. The van der Waals surface area contributed by atoms with Gasteiger partial charge in [0, 0.05) is 19.7 Å². The van der Waals surface area contributed by atoms with Crippen molar-refractivity contribution in [1.29, 1.82) is 0 Å². The first kappa shape index (κ1) is 17.1. The number of nitrogens with one attached hydrogen (secondary N) is 2. The molecule has 1 aromatic heterocycles. The highest BCUT2D eigenvalue weighted by atomic mass is 16.5. The van der Waals surface area contributed by atoms with E-state index in [0.717, 1.165) is 5.69 Å². The molecule has 0 aromatic carbocycles. The Kier molecular flexibility index (Phi) is 6.83. The Bertz CT molecular complexity index is 474. The predicted octanol–water partition coefficient (Wildman–Crippen LogP) is 0.276. The SMILES string of the molecule is COCC(C)NC(=O)NC(=O)CN(C)Cc1cc(C)on1. The Hall–Kier alpha value is -1.93. The van der Waals surface area contributed by atoms with E-state index in [4.69, 9.17) is 9.26 Å². The van der Waals surface area contributed by atoms with E-state index < -0.39 is 6.03 Å². The van der Waals surface area contributed by atoms with Crippen LogP contribution in [-0.2, 0) is 16.1 Å². The number of methoxy groups -OCH3 is 1. The van der Waals surface area contributed by atoms with Crippen molar-refractivity contribution in [3.63, 3.8) is 0 Å². The Morgan fingerprint density at radius 3 is 2.81 bits per heavy atom. The van der Waals surface area contributed by atoms with E-state index in [1.54, 1.807) is 39.0 Å². The molecule has 118 valence electrons. The number of carbonyl (C=O) groups is 2. The zero-order chi connectivity index (χ0) is 15.8. The molecule has 1 atom stereocenters. The minimum absolute atomic E-state index is 0.0813. The topological polar surface area (TPSA) is 96.7 Å². The molecule has 3 amide bonds. The number of rotatable bonds is 7. The standard InChI is InChI=1S/C13H22N4O4/c1-9(8-20-4)14-13(19)15-12(18)7-17(3)6-11-5-10(2)21-16-11/h5,9H,6-8H2,1-4H3,(H2,14,15,18,19). The van der Waals surface area contributed by atoms with Gasteiger partial charge in [0.25, 0.3) is 0 Å². The van der Waals surface area contributed by atoms with Gasteiger partial charge in [-0.25, -0.2) is 4.79 Å². The summed E-state index contributed by atoms with van der Waals surface area (Å²) in [6.45, 7) is 4.51. The van der Waals surface area contributed by atoms with E-state index in [1.807, 2.05) is 0 Å². The van der Waals surface area contributed by atoms with Gasteiger partial charge < -0.3 is 14.6 Å². The first-order valence-corrected chi connectivity index (χ1v) is 6.60. The van der Waals surface area contributed by atoms with E-state index >= 15 is 0 Å². The quantitative estimate of drug-likeness (QED) is 0.750. The predicted molar refractivity (Wildman–Crippen MR) is 75.6 cm³/mol. The lowest BCUT2D eigenvalue weighted by atomic mass is 10.3. The number of ether oxygens (including phenoxy) is 1. The molecule has 0 aliphatic rings. The Morgan fingerprint density at radius 2 is 2.24 bits per heavy atom. The van der Waals surface area contributed by atoms with Crippen molar-refractivity contribution in [3.05, 3.63) is 17.5 Å². The highest BCUT2D eigenvalue weighted by Crippen LogP contribution is 2.03. The van der Waals surface area contributed by atoms with Crippen LogP contribution in [0.25, 0.3) is 0 Å². The van der Waals surface area contributed by atoms with Crippen LogP contribution in [-0.4, -0.2) is 55.3 Å². The van der Waals surface area contributed by atoms with Gasteiger partial charge in [-0.05, 0) is 20.9 Å². The van der Waals surface area contributed by atoms with E-state index in [9.17, 15) is 9.59 Å². The lowest BCUT2D eigenvalue weighted by Gasteiger charge is -2.16. The molecular formula is C13H22N4O4. The third-order valence-corrected chi connectivity index (χ3v) is 2.57. The van der Waals surface area contributed by atoms with Crippen molar-refractivity contribution in [1.82, 2.24) is 20.7 Å². The molecule has 1 heterocycles. The number of urea groups is 1. The van der Waals surface area contributed by atoms with Gasteiger partial charge >= 0.3 is 6.03 Å². The lowest BCUT2D eigenvalue weighted by molar-refractivity contribution is -0.121. The van der Waals surface area contributed by atoms with Gasteiger partial charge in [0.15, 0.2) is 0 Å². The van der Waals surface area contributed by atoms with Crippen LogP contribution in [0.4, 0.5) is 4.79 Å². The van der Waals surface area contributed by atoms with Crippen LogP contribution < -0.4 is 10.6 Å². The van der Waals surface area contributed by atoms with Crippen molar-refractivity contribution in [2.75, 3.05) is 27.3 Å². The minimum Gasteiger partial charge on any atom is -0.383 e. The fourth-order valence-corrected chi connectivity index (χ4v) is 1.79. The molecule has 8 nitrogen and oxygen atoms in total. The van der Waals surface area contributed by atoms with Crippen LogP contribution in [0.15, 0.2) is 10.6 Å². The first-order chi connectivity index (χ1) is 9.90. The molecule has 1 rings (SSSR count). The molecule has 0 bridgehead atoms. The van der Waals surface area contributed by atoms with Crippen LogP contribution in [0, 0.1) is 6.92 Å². The Morgan fingerprint density at radius 1 is 1.52 bits per heavy atom. The maximum Gasteiger partial charge on any atom is 0.321 e. The summed E-state index contributed by atoms with van der Waals surface area (Å²) in [5, 5.41) is 8.70. The lowest BCUT2D eigenvalue weighted by Crippen LogP contribution is -2.47. The molecule has 0 saturated carbocycles. The number of amides is 3. The molecule has 2 N–H and O–H groups in total. The number of nitrogens with zero attached hydrogens (tertiary/aromatic N) is 2. The number of aryl methyl sites for hydroxylation is 1. The number of carbonyl (C=O) groups excluding carboxylic acids is 2. The molecule has 0 radical (unpaired) electrons. The third-order valence-electron chi connectivity index (χ3n) is 2.57. The smallest absolute Gasteiger partial charge is 0.321 e. The van der Waals surface area contributed by atoms with Gasteiger partial charge in [-0.15, -0.1) is 0 Å². The monoisotopic (exact) mass is 298 g/mol. The maximum atomic E-state index is 11.7. The molecule has 1 aromatic rings. The molecule has 8 heteroatoms. The van der Waals surface area contributed by atoms with Gasteiger partial charge in [0.05, 0.1) is 24.9 Å². The molecule has 0 saturated heterocycles. The van der Waals surface area contributed by atoms with Crippen LogP contribution in [0.5, 0.6) is 0 Å². The number of hydrogen-bond acceptors (Lipinski definition) is 6. The van der Waals surface area contributed by atoms with Gasteiger partial charge in [-0.3, -0.25) is 15.0 Å². The summed E-state index contributed by atoms with van der Waals surface area (Å²) in [7, 11) is 3.30. The molecule has 0 aliphatic heterocycles. The zero-order valence-electron chi connectivity index (χ0n) is 12.8. The fourth-order valence-electron chi connectivity index (χ4n) is 1.79. The van der Waals surface area contributed by atoms with Gasteiger partial charge in [-0.1, -0.05) is 5.16 Å². The summed E-state index contributed by atoms with van der Waals surface area (Å²) in [4.78, 5) is 25.0. The highest BCUT2D eigenvalue weighted by molar-refractivity contribution is 5.95. The molecular weight excluding hydrogens is 276 g/mol. The largest absolute Gasteiger partial charge is 0.383 e. The van der Waals surface area contributed by atoms with E-state index in [-0.39, 0.29) is 18.5 Å². The van der Waals surface area contributed by atoms with Crippen LogP contribution in [0.2, 0.25) is 0 Å². The summed E-state index contributed by atoms with van der Waals surface area (Å²) in [6, 6.07) is 1.10. The molecule has 0 spiro atoms. The third kappa shape index (κ3) is 6.87. The van der Waals surface area contributed by atoms with Crippen molar-refractivity contribution in [2.24, 2.45) is 0 Å². The summed E-state index contributed by atoms with van der Waals surface area (Å²) < 4.78 is 9.84. The average Bonchev–Trinajstić information content (AvgIpc) is 2.73. The normalized spacial score (nSPS) is 12.2. The second kappa shape index (κ2) is 8.38. The van der Waals surface area contributed by atoms with Crippen LogP contribution in [0.1, 0.15) is 18.4 Å². The number of imide groups is 1. The average molecular weight is 298 g/mol. The number of likely N-dealkylation sites (N-methyl/N-ethyl adjacent to an activating group) is 1. The van der Waals surface area contributed by atoms with Crippen molar-refractivity contribution < 1.29 is 18.8 Å². The highest BCUT2D eigenvalue weighted by Gasteiger charge is 2.13. The summed E-state index contributed by atoms with van der Waals surface area (Å²) >= 11 is 0. The van der Waals surface area contributed by atoms with Crippen molar-refractivity contribution >= 4 is 11.9 Å². The van der Waals surface area contributed by atoms with Crippen molar-refractivity contribution in [2.45, 2.75) is 26.4 Å². The van der Waals surface area contributed by atoms with Gasteiger partial charge in [0.1, 0.15) is 5.76 Å². The number of aromatic nitrogens is 1. The van der Waals surface area contributed by atoms with Crippen LogP contribution >= 0.6 is 0 Å². The second-order valence-corrected chi connectivity index (χ2v) is 4.98. The summed E-state index contributed by atoms with van der Waals surface area (Å²) in [5.41, 5.74) is 0.737. The summed E-state index contributed by atoms with van der Waals surface area (Å²) in [5.74, 6) is 0.328. The molecule has 21 heavy (non-hydrogen) atoms. The first-order valence-electron chi connectivity index (χ1n) is 6.60. The fraction of sp³-hybridized carbons (Fsp3) is 0.615. The van der Waals surface area contributed by atoms with E-state index in [1.165, 1.54) is 0 Å². The van der Waals surface area contributed by atoms with Gasteiger partial charge in [0.2, 0.25) is 5.91 Å². The maximum absolute atomic E-state index is 11.7. The molecule has 0 fully saturated rings. The van der Waals surface area contributed by atoms with Crippen LogP contribution in [0.3, 0.4) is 0 Å². The number of hydrogen-bond donors (Lipinski definition) is 2. The minimum atomic E-state index is -0.532. The molecule has 0 aliphatic carbocycles. The Balaban J connectivity index is 2.30. The van der Waals surface area contributed by atoms with Crippen molar-refractivity contribution in [3.8, 4) is 0 Å². The Labute approximate surface area is 123 Å². The molecule has 1 unspecified atom stereocenters. The van der Waals surface area contributed by atoms with E-state index in [0.29, 0.717) is 18.9 Å². The summed E-state index contributed by atoms with van der Waals surface area (Å²) in [6.07, 6.45) is 0. The van der Waals surface area contributed by atoms with E-state index in [2.05, 4.69) is 15.8 Å². The second-order valence-electron chi connectivity index (χ2n) is 4.98. The van der Waals surface area contributed by atoms with Gasteiger partial charge in [-0.2, -0.15) is 0 Å².